The number of carbonyl (C=O) groups is 1. The molecular formula is C21H26NO2P. The largest absolute Gasteiger partial charge is 0.376 e. The lowest BCUT2D eigenvalue weighted by Gasteiger charge is -2.21. The van der Waals surface area contributed by atoms with E-state index in [1.54, 1.807) is 0 Å². The Labute approximate surface area is 152 Å². The fourth-order valence-corrected chi connectivity index (χ4v) is 3.67. The van der Waals surface area contributed by atoms with E-state index in [0.717, 1.165) is 38.0 Å². The van der Waals surface area contributed by atoms with Crippen molar-refractivity contribution in [2.45, 2.75) is 31.0 Å². The molecule has 1 aliphatic rings. The number of nitrogens with zero attached hydrogens (tertiary/aromatic N) is 1. The monoisotopic (exact) mass is 355 g/mol. The zero-order valence-corrected chi connectivity index (χ0v) is 15.7. The van der Waals surface area contributed by atoms with Crippen molar-refractivity contribution in [1.82, 2.24) is 4.90 Å². The summed E-state index contributed by atoms with van der Waals surface area (Å²) in [5.74, 6) is 0.173. The molecule has 3 atom stereocenters. The van der Waals surface area contributed by atoms with Crippen LogP contribution in [0, 0.1) is 0 Å². The SMILES string of the molecule is O=C(C(P)c1ccccc1)N1CC[C@@H](OCCCc2ccccc2)C1. The summed E-state index contributed by atoms with van der Waals surface area (Å²) in [5.41, 5.74) is 2.23. The Balaban J connectivity index is 1.40. The highest BCUT2D eigenvalue weighted by Gasteiger charge is 2.29. The van der Waals surface area contributed by atoms with Crippen LogP contribution < -0.4 is 0 Å². The topological polar surface area (TPSA) is 29.5 Å². The number of aryl methyl sites for hydroxylation is 1. The Hall–Kier alpha value is -1.70. The maximum atomic E-state index is 12.7. The number of ether oxygens (including phenoxy) is 1. The van der Waals surface area contributed by atoms with Crippen molar-refractivity contribution < 1.29 is 9.53 Å². The summed E-state index contributed by atoms with van der Waals surface area (Å²) in [4.78, 5) is 14.6. The molecule has 1 fully saturated rings. The first-order chi connectivity index (χ1) is 12.2. The first kappa shape index (κ1) is 18.1. The van der Waals surface area contributed by atoms with Crippen LogP contribution in [0.3, 0.4) is 0 Å². The smallest absolute Gasteiger partial charge is 0.234 e. The predicted octanol–water partition coefficient (Wildman–Crippen LogP) is 3.85. The number of benzene rings is 2. The van der Waals surface area contributed by atoms with E-state index in [1.807, 2.05) is 41.3 Å². The van der Waals surface area contributed by atoms with Gasteiger partial charge >= 0.3 is 0 Å². The molecule has 1 amide bonds. The Bertz CT molecular complexity index is 662. The number of hydrogen-bond donors (Lipinski definition) is 0. The molecule has 3 nitrogen and oxygen atoms in total. The molecule has 25 heavy (non-hydrogen) atoms. The molecule has 0 radical (unpaired) electrons. The van der Waals surface area contributed by atoms with E-state index in [2.05, 4.69) is 33.5 Å². The van der Waals surface area contributed by atoms with Crippen molar-refractivity contribution in [1.29, 1.82) is 0 Å². The lowest BCUT2D eigenvalue weighted by Crippen LogP contribution is -2.32. The summed E-state index contributed by atoms with van der Waals surface area (Å²) in [6.07, 6.45) is 3.17. The third-order valence-electron chi connectivity index (χ3n) is 4.69. The van der Waals surface area contributed by atoms with Crippen LogP contribution in [-0.2, 0) is 16.0 Å². The van der Waals surface area contributed by atoms with E-state index in [1.165, 1.54) is 5.56 Å². The molecule has 1 heterocycles. The van der Waals surface area contributed by atoms with Gasteiger partial charge in [-0.1, -0.05) is 60.7 Å². The summed E-state index contributed by atoms with van der Waals surface area (Å²) < 4.78 is 5.99. The van der Waals surface area contributed by atoms with Crippen molar-refractivity contribution in [2.75, 3.05) is 19.7 Å². The first-order valence-corrected chi connectivity index (χ1v) is 9.65. The predicted molar refractivity (Wildman–Crippen MR) is 105 cm³/mol. The highest BCUT2D eigenvalue weighted by atomic mass is 31.0. The van der Waals surface area contributed by atoms with Crippen LogP contribution in [0.1, 0.15) is 29.6 Å². The van der Waals surface area contributed by atoms with Crippen LogP contribution >= 0.6 is 9.24 Å². The molecule has 1 aliphatic heterocycles. The average Bonchev–Trinajstić information content (AvgIpc) is 3.14. The summed E-state index contributed by atoms with van der Waals surface area (Å²) in [5, 5.41) is 0. The van der Waals surface area contributed by atoms with Crippen molar-refractivity contribution in [3.05, 3.63) is 71.8 Å². The summed E-state index contributed by atoms with van der Waals surface area (Å²) >= 11 is 0. The van der Waals surface area contributed by atoms with Gasteiger partial charge in [-0.3, -0.25) is 4.79 Å². The number of hydrogen-bond acceptors (Lipinski definition) is 2. The number of carbonyl (C=O) groups excluding carboxylic acids is 1. The van der Waals surface area contributed by atoms with E-state index in [-0.39, 0.29) is 17.7 Å². The second kappa shape index (κ2) is 9.12. The minimum atomic E-state index is -0.168. The summed E-state index contributed by atoms with van der Waals surface area (Å²) in [7, 11) is 2.68. The van der Waals surface area contributed by atoms with Gasteiger partial charge in [-0.25, -0.2) is 0 Å². The second-order valence-corrected chi connectivity index (χ2v) is 7.21. The molecule has 2 aromatic carbocycles. The molecule has 132 valence electrons. The third kappa shape index (κ3) is 5.14. The van der Waals surface area contributed by atoms with Gasteiger partial charge in [0.05, 0.1) is 11.8 Å². The first-order valence-electron chi connectivity index (χ1n) is 8.99. The second-order valence-electron chi connectivity index (χ2n) is 6.54. The van der Waals surface area contributed by atoms with Gasteiger partial charge in [-0.2, -0.15) is 0 Å². The van der Waals surface area contributed by atoms with Crippen LogP contribution in [0.2, 0.25) is 0 Å². The van der Waals surface area contributed by atoms with Crippen molar-refractivity contribution in [2.24, 2.45) is 0 Å². The fraction of sp³-hybridized carbons (Fsp3) is 0.381. The Morgan fingerprint density at radius 2 is 1.80 bits per heavy atom. The van der Waals surface area contributed by atoms with Crippen LogP contribution in [0.4, 0.5) is 0 Å². The lowest BCUT2D eigenvalue weighted by atomic mass is 10.1. The van der Waals surface area contributed by atoms with Gasteiger partial charge in [0, 0.05) is 19.7 Å². The highest BCUT2D eigenvalue weighted by molar-refractivity contribution is 7.19. The molecule has 0 spiro atoms. The fourth-order valence-electron chi connectivity index (χ4n) is 3.24. The molecule has 0 aliphatic carbocycles. The Morgan fingerprint density at radius 3 is 2.52 bits per heavy atom. The molecule has 2 unspecified atom stereocenters. The summed E-state index contributed by atoms with van der Waals surface area (Å²) in [6.45, 7) is 2.26. The van der Waals surface area contributed by atoms with E-state index < -0.39 is 0 Å². The van der Waals surface area contributed by atoms with E-state index in [9.17, 15) is 4.79 Å². The quantitative estimate of drug-likeness (QED) is 0.558. The number of amides is 1. The van der Waals surface area contributed by atoms with Crippen molar-refractivity contribution in [3.63, 3.8) is 0 Å². The normalized spacial score (nSPS) is 18.3. The Kier molecular flexibility index (Phi) is 6.61. The van der Waals surface area contributed by atoms with Gasteiger partial charge in [0.1, 0.15) is 0 Å². The zero-order valence-electron chi connectivity index (χ0n) is 14.5. The van der Waals surface area contributed by atoms with Gasteiger partial charge < -0.3 is 9.64 Å². The average molecular weight is 355 g/mol. The molecule has 0 aromatic heterocycles. The molecule has 3 rings (SSSR count). The maximum absolute atomic E-state index is 12.7. The molecule has 0 N–H and O–H groups in total. The van der Waals surface area contributed by atoms with Crippen molar-refractivity contribution >= 4 is 15.1 Å². The molecule has 1 saturated heterocycles. The zero-order chi connectivity index (χ0) is 17.5. The molecule has 0 saturated carbocycles. The molecular weight excluding hydrogens is 329 g/mol. The van der Waals surface area contributed by atoms with Gasteiger partial charge in [0.25, 0.3) is 0 Å². The van der Waals surface area contributed by atoms with Gasteiger partial charge in [-0.05, 0) is 30.4 Å². The van der Waals surface area contributed by atoms with Gasteiger partial charge in [0.2, 0.25) is 5.91 Å². The standard InChI is InChI=1S/C21H26NO2P/c23-21(20(25)18-11-5-2-6-12-18)22-14-13-19(16-22)24-15-7-10-17-8-3-1-4-9-17/h1-6,8-9,11-12,19-20H,7,10,13-16,25H2/t19-,20?/m1/s1. The van der Waals surface area contributed by atoms with Crippen LogP contribution in [0.15, 0.2) is 60.7 Å². The highest BCUT2D eigenvalue weighted by Crippen LogP contribution is 2.27. The lowest BCUT2D eigenvalue weighted by molar-refractivity contribution is -0.130. The third-order valence-corrected chi connectivity index (χ3v) is 5.36. The van der Waals surface area contributed by atoms with E-state index in [0.29, 0.717) is 6.54 Å². The minimum Gasteiger partial charge on any atom is -0.376 e. The van der Waals surface area contributed by atoms with Crippen LogP contribution in [-0.4, -0.2) is 36.6 Å². The molecule has 2 aromatic rings. The summed E-state index contributed by atoms with van der Waals surface area (Å²) in [6, 6.07) is 20.4. The van der Waals surface area contributed by atoms with E-state index >= 15 is 0 Å². The van der Waals surface area contributed by atoms with E-state index in [4.69, 9.17) is 4.74 Å². The van der Waals surface area contributed by atoms with Crippen molar-refractivity contribution in [3.8, 4) is 0 Å². The molecule has 0 bridgehead atoms. The number of rotatable bonds is 7. The van der Waals surface area contributed by atoms with Crippen LogP contribution in [0.5, 0.6) is 0 Å². The minimum absolute atomic E-state index is 0.168. The van der Waals surface area contributed by atoms with Crippen LogP contribution in [0.25, 0.3) is 0 Å². The maximum Gasteiger partial charge on any atom is 0.234 e. The molecule has 4 heteroatoms. The Morgan fingerprint density at radius 1 is 1.12 bits per heavy atom. The number of likely N-dealkylation sites (tertiary alicyclic amines) is 1. The van der Waals surface area contributed by atoms with Gasteiger partial charge in [-0.15, -0.1) is 9.24 Å². The van der Waals surface area contributed by atoms with Gasteiger partial charge in [0.15, 0.2) is 0 Å².